The average molecular weight is 692 g/mol. The van der Waals surface area contributed by atoms with Gasteiger partial charge in [0.1, 0.15) is 5.82 Å². The van der Waals surface area contributed by atoms with Crippen molar-refractivity contribution in [2.75, 3.05) is 37.6 Å². The zero-order valence-electron chi connectivity index (χ0n) is 29.8. The Hall–Kier alpha value is -4.05. The topological polar surface area (TPSA) is 84.4 Å². The molecule has 1 saturated heterocycles. The van der Waals surface area contributed by atoms with Crippen molar-refractivity contribution in [1.82, 2.24) is 23.7 Å². The van der Waals surface area contributed by atoms with Gasteiger partial charge >= 0.3 is 0 Å². The molecule has 8 nitrogen and oxygen atoms in total. The Bertz CT molecular complexity index is 1790. The number of aromatic nitrogens is 3. The first-order valence-corrected chi connectivity index (χ1v) is 19.3. The number of benzene rings is 3. The number of amides is 1. The van der Waals surface area contributed by atoms with Crippen LogP contribution in [0.25, 0.3) is 22.4 Å². The minimum absolute atomic E-state index is 0.203. The van der Waals surface area contributed by atoms with Gasteiger partial charge in [-0.2, -0.15) is 0 Å². The van der Waals surface area contributed by atoms with Gasteiger partial charge in [0.15, 0.2) is 0 Å². The maximum Gasteiger partial charge on any atom is 0.219 e. The molecule has 0 aliphatic carbocycles. The van der Waals surface area contributed by atoms with Crippen LogP contribution in [0.4, 0.5) is 5.69 Å². The molecule has 1 fully saturated rings. The number of hydrogen-bond donors (Lipinski definition) is 2. The molecule has 3 aromatic carbocycles. The van der Waals surface area contributed by atoms with Gasteiger partial charge in [-0.15, -0.1) is 0 Å². The lowest BCUT2D eigenvalue weighted by molar-refractivity contribution is -0.118. The molecule has 1 amide bonds. The number of likely N-dealkylation sites (tertiary alicyclic amines) is 1. The largest absolute Gasteiger partial charge is 0.372 e. The monoisotopic (exact) mass is 691 g/mol. The lowest BCUT2D eigenvalue weighted by Gasteiger charge is -2.26. The second-order valence-electron chi connectivity index (χ2n) is 13.5. The van der Waals surface area contributed by atoms with Crippen molar-refractivity contribution >= 4 is 34.6 Å². The van der Waals surface area contributed by atoms with Crippen molar-refractivity contribution in [3.8, 4) is 11.4 Å². The van der Waals surface area contributed by atoms with Gasteiger partial charge in [0, 0.05) is 66.7 Å². The van der Waals surface area contributed by atoms with Gasteiger partial charge in [0.25, 0.3) is 0 Å². The normalized spacial score (nSPS) is 14.3. The van der Waals surface area contributed by atoms with E-state index in [1.165, 1.54) is 42.9 Å². The van der Waals surface area contributed by atoms with Crippen LogP contribution in [0.3, 0.4) is 0 Å². The number of anilines is 1. The van der Waals surface area contributed by atoms with Crippen molar-refractivity contribution in [3.05, 3.63) is 102 Å². The molecule has 0 radical (unpaired) electrons. The van der Waals surface area contributed by atoms with Crippen molar-refractivity contribution < 1.29 is 4.79 Å². The first-order valence-electron chi connectivity index (χ1n) is 18.5. The summed E-state index contributed by atoms with van der Waals surface area (Å²) >= 11 is 1.68. The molecule has 0 bridgehead atoms. The third-order valence-electron chi connectivity index (χ3n) is 9.63. The van der Waals surface area contributed by atoms with Gasteiger partial charge < -0.3 is 25.4 Å². The van der Waals surface area contributed by atoms with E-state index in [1.807, 2.05) is 18.2 Å². The van der Waals surface area contributed by atoms with Crippen molar-refractivity contribution in [1.29, 1.82) is 0 Å². The predicted molar refractivity (Wildman–Crippen MR) is 208 cm³/mol. The van der Waals surface area contributed by atoms with Crippen LogP contribution in [-0.4, -0.2) is 57.1 Å². The van der Waals surface area contributed by atoms with Gasteiger partial charge in [0.05, 0.1) is 11.0 Å². The molecule has 3 N–H and O–H groups in total. The molecule has 9 heteroatoms. The maximum absolute atomic E-state index is 12.3. The van der Waals surface area contributed by atoms with E-state index in [0.29, 0.717) is 6.54 Å². The number of carbonyl (C=O) groups excluding carboxylic acids is 1. The van der Waals surface area contributed by atoms with Crippen LogP contribution in [0, 0.1) is 0 Å². The number of hydrogen-bond acceptors (Lipinski definition) is 6. The van der Waals surface area contributed by atoms with E-state index in [2.05, 4.69) is 110 Å². The molecule has 2 aromatic heterocycles. The Balaban J connectivity index is 1.26. The summed E-state index contributed by atoms with van der Waals surface area (Å²) in [4.78, 5) is 23.8. The SMILES string of the molecule is CCCN(CCC)c1ccc(-c2nc3cc(C(CC(N)=O)NCc4cccn4Sc4ccccc4)ccc3n2CCCN2CCCCC2)cc1. The lowest BCUT2D eigenvalue weighted by Crippen LogP contribution is -2.31. The molecular formula is C41H53N7OS. The fourth-order valence-electron chi connectivity index (χ4n) is 7.14. The third-order valence-corrected chi connectivity index (χ3v) is 10.7. The first kappa shape index (κ1) is 35.8. The smallest absolute Gasteiger partial charge is 0.219 e. The number of fused-ring (bicyclic) bond motifs is 1. The number of nitrogens with two attached hydrogens (primary N) is 1. The first-order chi connectivity index (χ1) is 24.5. The highest BCUT2D eigenvalue weighted by Crippen LogP contribution is 2.31. The zero-order valence-corrected chi connectivity index (χ0v) is 30.6. The van der Waals surface area contributed by atoms with Crippen molar-refractivity contribution in [3.63, 3.8) is 0 Å². The van der Waals surface area contributed by atoms with E-state index >= 15 is 0 Å². The molecule has 1 aliphatic rings. The standard InChI is InChI=1S/C41H53N7OS/c1-3-22-46(23-4-2)34-19-16-32(17-20-34)41-44-38-29-33(18-21-39(38)47(41)27-12-26-45-24-9-6-10-25-45)37(30-40(42)49)43-31-35-13-11-28-48(35)50-36-14-7-5-8-15-36/h5,7-8,11,13-21,28-29,37,43H,3-4,6,9-10,12,22-27,30-31H2,1-2H3,(H2,42,49). The summed E-state index contributed by atoms with van der Waals surface area (Å²) in [5, 5.41) is 3.64. The number of aryl methyl sites for hydroxylation is 1. The highest BCUT2D eigenvalue weighted by molar-refractivity contribution is 7.97. The summed E-state index contributed by atoms with van der Waals surface area (Å²) < 4.78 is 4.57. The Labute approximate surface area is 302 Å². The Morgan fingerprint density at radius 1 is 0.920 bits per heavy atom. The van der Waals surface area contributed by atoms with Crippen LogP contribution in [0.2, 0.25) is 0 Å². The molecule has 50 heavy (non-hydrogen) atoms. The summed E-state index contributed by atoms with van der Waals surface area (Å²) in [6.07, 6.45) is 9.56. The molecule has 0 spiro atoms. The Morgan fingerprint density at radius 2 is 1.68 bits per heavy atom. The summed E-state index contributed by atoms with van der Waals surface area (Å²) in [5.41, 5.74) is 12.4. The van der Waals surface area contributed by atoms with E-state index in [-0.39, 0.29) is 18.4 Å². The van der Waals surface area contributed by atoms with Crippen LogP contribution in [-0.2, 0) is 17.9 Å². The van der Waals surface area contributed by atoms with E-state index < -0.39 is 0 Å². The van der Waals surface area contributed by atoms with Gasteiger partial charge in [0.2, 0.25) is 5.91 Å². The Kier molecular flexibility index (Phi) is 12.7. The second kappa shape index (κ2) is 17.7. The molecule has 1 unspecified atom stereocenters. The van der Waals surface area contributed by atoms with Gasteiger partial charge in [-0.1, -0.05) is 44.5 Å². The zero-order chi connectivity index (χ0) is 34.7. The summed E-state index contributed by atoms with van der Waals surface area (Å²) in [7, 11) is 0. The van der Waals surface area contributed by atoms with Crippen LogP contribution >= 0.6 is 11.9 Å². The van der Waals surface area contributed by atoms with Gasteiger partial charge in [-0.05, 0) is 130 Å². The molecule has 3 heterocycles. The minimum atomic E-state index is -0.333. The summed E-state index contributed by atoms with van der Waals surface area (Å²) in [6, 6.07) is 29.7. The molecule has 1 aliphatic heterocycles. The number of nitrogens with one attached hydrogen (secondary N) is 1. The van der Waals surface area contributed by atoms with E-state index in [1.54, 1.807) is 11.9 Å². The summed E-state index contributed by atoms with van der Waals surface area (Å²) in [5.74, 6) is 0.663. The lowest BCUT2D eigenvalue weighted by atomic mass is 10.0. The van der Waals surface area contributed by atoms with Crippen molar-refractivity contribution in [2.24, 2.45) is 5.73 Å². The number of piperidine rings is 1. The predicted octanol–water partition coefficient (Wildman–Crippen LogP) is 8.27. The highest BCUT2D eigenvalue weighted by atomic mass is 32.2. The Morgan fingerprint density at radius 3 is 2.40 bits per heavy atom. The number of nitrogens with zero attached hydrogens (tertiary/aromatic N) is 5. The van der Waals surface area contributed by atoms with Gasteiger partial charge in [-0.3, -0.25) is 8.77 Å². The molecular weight excluding hydrogens is 639 g/mol. The van der Waals surface area contributed by atoms with Crippen LogP contribution in [0.1, 0.15) is 76.1 Å². The third kappa shape index (κ3) is 9.19. The highest BCUT2D eigenvalue weighted by Gasteiger charge is 2.20. The minimum Gasteiger partial charge on any atom is -0.372 e. The van der Waals surface area contributed by atoms with Crippen molar-refractivity contribution in [2.45, 2.75) is 82.8 Å². The van der Waals surface area contributed by atoms with Crippen LogP contribution in [0.15, 0.2) is 96.0 Å². The molecule has 5 aromatic rings. The number of rotatable bonds is 18. The van der Waals surface area contributed by atoms with E-state index in [0.717, 1.165) is 79.1 Å². The number of primary amides is 1. The summed E-state index contributed by atoms with van der Waals surface area (Å²) in [6.45, 7) is 11.6. The molecule has 6 rings (SSSR count). The quantitative estimate of drug-likeness (QED) is 0.0963. The molecule has 0 saturated carbocycles. The fraction of sp³-hybridized carbons (Fsp3) is 0.415. The maximum atomic E-state index is 12.3. The molecule has 264 valence electrons. The van der Waals surface area contributed by atoms with E-state index in [9.17, 15) is 4.79 Å². The average Bonchev–Trinajstić information content (AvgIpc) is 3.74. The van der Waals surface area contributed by atoms with Crippen LogP contribution < -0.4 is 16.0 Å². The van der Waals surface area contributed by atoms with Crippen LogP contribution in [0.5, 0.6) is 0 Å². The van der Waals surface area contributed by atoms with Gasteiger partial charge in [-0.25, -0.2) is 4.98 Å². The number of carbonyl (C=O) groups is 1. The second-order valence-corrected chi connectivity index (χ2v) is 14.5. The van der Waals surface area contributed by atoms with E-state index in [4.69, 9.17) is 10.7 Å². The fourth-order valence-corrected chi connectivity index (χ4v) is 8.02. The number of imidazole rings is 1. The molecule has 1 atom stereocenters.